The lowest BCUT2D eigenvalue weighted by Crippen LogP contribution is -2.41. The van der Waals surface area contributed by atoms with E-state index >= 15 is 0 Å². The first-order valence-electron chi connectivity index (χ1n) is 10.3. The minimum Gasteiger partial charge on any atom is -0.491 e. The zero-order chi connectivity index (χ0) is 21.3. The van der Waals surface area contributed by atoms with Crippen LogP contribution in [0.1, 0.15) is 31.9 Å². The molecule has 0 aliphatic carbocycles. The second-order valence-electron chi connectivity index (χ2n) is 7.63. The maximum Gasteiger partial charge on any atom is 0.247 e. The fourth-order valence-electron chi connectivity index (χ4n) is 3.30. The quantitative estimate of drug-likeness (QED) is 0.524. The molecule has 3 aromatic rings. The molecular weight excluding hydrogens is 376 g/mol. The van der Waals surface area contributed by atoms with E-state index in [-0.39, 0.29) is 17.7 Å². The number of hydrogen-bond donors (Lipinski definition) is 2. The van der Waals surface area contributed by atoms with Gasteiger partial charge in [-0.15, -0.1) is 0 Å². The number of nitrogens with one attached hydrogen (secondary N) is 2. The molecule has 156 valence electrons. The molecule has 0 saturated heterocycles. The van der Waals surface area contributed by atoms with E-state index in [9.17, 15) is 9.59 Å². The summed E-state index contributed by atoms with van der Waals surface area (Å²) in [7, 11) is 0. The van der Waals surface area contributed by atoms with Crippen molar-refractivity contribution >= 4 is 22.6 Å². The van der Waals surface area contributed by atoms with Gasteiger partial charge in [-0.25, -0.2) is 0 Å². The first kappa shape index (κ1) is 21.4. The van der Waals surface area contributed by atoms with Crippen LogP contribution in [0.3, 0.4) is 0 Å². The number of ether oxygens (including phenoxy) is 1. The molecule has 30 heavy (non-hydrogen) atoms. The number of rotatable bonds is 9. The van der Waals surface area contributed by atoms with Gasteiger partial charge in [0, 0.05) is 11.8 Å². The Kier molecular flexibility index (Phi) is 7.44. The van der Waals surface area contributed by atoms with Gasteiger partial charge < -0.3 is 15.4 Å². The molecule has 0 fully saturated rings. The summed E-state index contributed by atoms with van der Waals surface area (Å²) in [6.07, 6.45) is 0.376. The fraction of sp³-hybridized carbons (Fsp3) is 0.280. The lowest BCUT2D eigenvalue weighted by molar-refractivity contribution is -0.129. The third-order valence-corrected chi connectivity index (χ3v) is 4.70. The number of amides is 2. The molecule has 1 atom stereocenters. The van der Waals surface area contributed by atoms with Crippen molar-refractivity contribution in [2.24, 2.45) is 5.92 Å². The van der Waals surface area contributed by atoms with Gasteiger partial charge in [0.15, 0.2) is 0 Å². The zero-order valence-corrected chi connectivity index (χ0v) is 17.4. The van der Waals surface area contributed by atoms with Crippen LogP contribution in [0.4, 0.5) is 0 Å². The highest BCUT2D eigenvalue weighted by atomic mass is 16.5. The summed E-state index contributed by atoms with van der Waals surface area (Å²) in [5, 5.41) is 7.88. The van der Waals surface area contributed by atoms with Crippen LogP contribution in [0.15, 0.2) is 72.8 Å². The number of carbonyl (C=O) groups is 2. The van der Waals surface area contributed by atoms with E-state index in [2.05, 4.69) is 10.6 Å². The van der Waals surface area contributed by atoms with Gasteiger partial charge >= 0.3 is 0 Å². The van der Waals surface area contributed by atoms with Gasteiger partial charge in [0.1, 0.15) is 18.4 Å². The van der Waals surface area contributed by atoms with E-state index < -0.39 is 6.04 Å². The summed E-state index contributed by atoms with van der Waals surface area (Å²) in [4.78, 5) is 25.1. The average molecular weight is 405 g/mol. The molecule has 0 aliphatic rings. The van der Waals surface area contributed by atoms with Gasteiger partial charge in [0.25, 0.3) is 0 Å². The van der Waals surface area contributed by atoms with Crippen molar-refractivity contribution < 1.29 is 14.3 Å². The predicted molar refractivity (Wildman–Crippen MR) is 119 cm³/mol. The van der Waals surface area contributed by atoms with E-state index in [0.717, 1.165) is 22.1 Å². The Morgan fingerprint density at radius 3 is 2.37 bits per heavy atom. The Hall–Kier alpha value is -3.34. The van der Waals surface area contributed by atoms with Gasteiger partial charge in [0.05, 0.1) is 6.54 Å². The Balaban J connectivity index is 1.59. The molecule has 0 bridgehead atoms. The maximum absolute atomic E-state index is 12.8. The van der Waals surface area contributed by atoms with Crippen molar-refractivity contribution in [3.05, 3.63) is 78.4 Å². The van der Waals surface area contributed by atoms with Crippen LogP contribution in [0.5, 0.6) is 5.75 Å². The van der Waals surface area contributed by atoms with Crippen molar-refractivity contribution in [1.82, 2.24) is 10.6 Å². The number of benzene rings is 3. The molecule has 3 aromatic carbocycles. The standard InChI is InChI=1S/C25H28N2O3/c1-18(2)17-23(28)27-24(20-10-4-3-5-11-20)25(29)26-15-16-30-22-14-8-12-19-9-6-7-13-21(19)22/h3-14,18,24H,15-17H2,1-2H3,(H,26,29)(H,27,28). The van der Waals surface area contributed by atoms with Crippen LogP contribution in [-0.2, 0) is 9.59 Å². The second kappa shape index (κ2) is 10.4. The molecule has 2 N–H and O–H groups in total. The van der Waals surface area contributed by atoms with Gasteiger partial charge in [-0.2, -0.15) is 0 Å². The summed E-state index contributed by atoms with van der Waals surface area (Å²) in [5.41, 5.74) is 0.752. The minimum absolute atomic E-state index is 0.138. The summed E-state index contributed by atoms with van der Waals surface area (Å²) in [6, 6.07) is 22.5. The molecule has 5 nitrogen and oxygen atoms in total. The first-order chi connectivity index (χ1) is 14.5. The van der Waals surface area contributed by atoms with Crippen LogP contribution in [0.25, 0.3) is 10.8 Å². The van der Waals surface area contributed by atoms with Gasteiger partial charge in [-0.05, 0) is 22.9 Å². The van der Waals surface area contributed by atoms with Crippen molar-refractivity contribution in [2.45, 2.75) is 26.3 Å². The Morgan fingerprint density at radius 1 is 0.900 bits per heavy atom. The largest absolute Gasteiger partial charge is 0.491 e. The molecular formula is C25H28N2O3. The highest BCUT2D eigenvalue weighted by Gasteiger charge is 2.22. The van der Waals surface area contributed by atoms with Crippen molar-refractivity contribution in [2.75, 3.05) is 13.2 Å². The molecule has 2 amide bonds. The lowest BCUT2D eigenvalue weighted by Gasteiger charge is -2.19. The number of carbonyl (C=O) groups excluding carboxylic acids is 2. The highest BCUT2D eigenvalue weighted by Crippen LogP contribution is 2.24. The van der Waals surface area contributed by atoms with Crippen molar-refractivity contribution in [1.29, 1.82) is 0 Å². The van der Waals surface area contributed by atoms with Gasteiger partial charge in [-0.1, -0.05) is 80.6 Å². The topological polar surface area (TPSA) is 67.4 Å². The Morgan fingerprint density at radius 2 is 1.60 bits per heavy atom. The fourth-order valence-corrected chi connectivity index (χ4v) is 3.30. The molecule has 0 saturated carbocycles. The van der Waals surface area contributed by atoms with Crippen LogP contribution < -0.4 is 15.4 Å². The van der Waals surface area contributed by atoms with Crippen molar-refractivity contribution in [3.8, 4) is 5.75 Å². The average Bonchev–Trinajstić information content (AvgIpc) is 2.75. The third kappa shape index (κ3) is 5.83. The predicted octanol–water partition coefficient (Wildman–Crippen LogP) is 4.24. The Labute approximate surface area is 177 Å². The van der Waals surface area contributed by atoms with E-state index in [4.69, 9.17) is 4.74 Å². The summed E-state index contributed by atoms with van der Waals surface area (Å²) >= 11 is 0. The molecule has 0 aromatic heterocycles. The number of fused-ring (bicyclic) bond motifs is 1. The third-order valence-electron chi connectivity index (χ3n) is 4.70. The number of hydrogen-bond acceptors (Lipinski definition) is 3. The van der Waals surface area contributed by atoms with Crippen LogP contribution in [0, 0.1) is 5.92 Å². The Bertz CT molecular complexity index is 981. The maximum atomic E-state index is 12.8. The molecule has 1 unspecified atom stereocenters. The monoisotopic (exact) mass is 404 g/mol. The molecule has 0 radical (unpaired) electrons. The van der Waals surface area contributed by atoms with Gasteiger partial charge in [-0.3, -0.25) is 9.59 Å². The summed E-state index contributed by atoms with van der Waals surface area (Å²) < 4.78 is 5.89. The molecule has 0 heterocycles. The van der Waals surface area contributed by atoms with E-state index in [0.29, 0.717) is 19.6 Å². The summed E-state index contributed by atoms with van der Waals surface area (Å²) in [6.45, 7) is 4.62. The van der Waals surface area contributed by atoms with Crippen LogP contribution >= 0.6 is 0 Å². The van der Waals surface area contributed by atoms with E-state index in [1.165, 1.54) is 0 Å². The first-order valence-corrected chi connectivity index (χ1v) is 10.3. The highest BCUT2D eigenvalue weighted by molar-refractivity contribution is 5.89. The SMILES string of the molecule is CC(C)CC(=O)NC(C(=O)NCCOc1cccc2ccccc12)c1ccccc1. The van der Waals surface area contributed by atoms with Crippen molar-refractivity contribution in [3.63, 3.8) is 0 Å². The van der Waals surface area contributed by atoms with E-state index in [1.807, 2.05) is 86.6 Å². The molecule has 3 rings (SSSR count). The lowest BCUT2D eigenvalue weighted by atomic mass is 10.0. The normalized spacial score (nSPS) is 11.8. The molecule has 0 spiro atoms. The molecule has 0 aliphatic heterocycles. The van der Waals surface area contributed by atoms with Gasteiger partial charge in [0.2, 0.25) is 11.8 Å². The van der Waals surface area contributed by atoms with E-state index in [1.54, 1.807) is 0 Å². The smallest absolute Gasteiger partial charge is 0.247 e. The molecule has 5 heteroatoms. The zero-order valence-electron chi connectivity index (χ0n) is 17.4. The van der Waals surface area contributed by atoms with Crippen LogP contribution in [-0.4, -0.2) is 25.0 Å². The summed E-state index contributed by atoms with van der Waals surface area (Å²) in [5.74, 6) is 0.617. The van der Waals surface area contributed by atoms with Crippen LogP contribution in [0.2, 0.25) is 0 Å². The second-order valence-corrected chi connectivity index (χ2v) is 7.63. The minimum atomic E-state index is -0.727.